The molecule has 8 atom stereocenters. The van der Waals surface area contributed by atoms with Gasteiger partial charge in [0.25, 0.3) is 0 Å². The fourth-order valence-electron chi connectivity index (χ4n) is 8.64. The quantitative estimate of drug-likeness (QED) is 0.496. The number of aliphatic hydroxyl groups is 2. The van der Waals surface area contributed by atoms with Crippen LogP contribution in [0.25, 0.3) is 0 Å². The summed E-state index contributed by atoms with van der Waals surface area (Å²) in [5.41, 5.74) is 5.46. The SMILES string of the molecule is CC(C)=CCCC(C)C1CCC2(C)C3=C(CCC12C)C1(C)CCC(O)CC1C(O)C3. The first-order chi connectivity index (χ1) is 14.0. The average Bonchev–Trinajstić information content (AvgIpc) is 2.95. The summed E-state index contributed by atoms with van der Waals surface area (Å²) in [4.78, 5) is 0. The fourth-order valence-corrected chi connectivity index (χ4v) is 8.64. The Kier molecular flexibility index (Phi) is 5.85. The molecule has 2 fully saturated rings. The van der Waals surface area contributed by atoms with Crippen LogP contribution in [0.1, 0.15) is 106 Å². The minimum Gasteiger partial charge on any atom is -0.393 e. The van der Waals surface area contributed by atoms with E-state index in [0.717, 1.165) is 37.5 Å². The third-order valence-electron chi connectivity index (χ3n) is 10.7. The van der Waals surface area contributed by atoms with Crippen molar-refractivity contribution in [3.8, 4) is 0 Å². The molecule has 2 nitrogen and oxygen atoms in total. The van der Waals surface area contributed by atoms with Crippen LogP contribution >= 0.6 is 0 Å². The molecular formula is C28H46O2. The summed E-state index contributed by atoms with van der Waals surface area (Å²) in [7, 11) is 0. The molecule has 0 saturated heterocycles. The third-order valence-corrected chi connectivity index (χ3v) is 10.7. The van der Waals surface area contributed by atoms with Gasteiger partial charge in [-0.15, -0.1) is 0 Å². The van der Waals surface area contributed by atoms with E-state index in [1.54, 1.807) is 11.1 Å². The summed E-state index contributed by atoms with van der Waals surface area (Å²) in [5, 5.41) is 21.5. The predicted molar refractivity (Wildman–Crippen MR) is 125 cm³/mol. The van der Waals surface area contributed by atoms with Crippen LogP contribution in [0.3, 0.4) is 0 Å². The zero-order valence-electron chi connectivity index (χ0n) is 20.4. The molecule has 2 N–H and O–H groups in total. The molecule has 0 aliphatic heterocycles. The highest BCUT2D eigenvalue weighted by atomic mass is 16.3. The van der Waals surface area contributed by atoms with E-state index in [2.05, 4.69) is 47.6 Å². The molecule has 170 valence electrons. The molecule has 0 aromatic carbocycles. The fraction of sp³-hybridized carbons (Fsp3) is 0.857. The zero-order valence-corrected chi connectivity index (χ0v) is 20.4. The number of allylic oxidation sites excluding steroid dienone is 3. The molecule has 0 heterocycles. The summed E-state index contributed by atoms with van der Waals surface area (Å²) in [6.45, 7) is 14.5. The summed E-state index contributed by atoms with van der Waals surface area (Å²) in [6.07, 6.45) is 13.1. The minimum absolute atomic E-state index is 0.101. The Morgan fingerprint density at radius 1 is 1.07 bits per heavy atom. The molecule has 4 rings (SSSR count). The van der Waals surface area contributed by atoms with Gasteiger partial charge in [0.15, 0.2) is 0 Å². The molecule has 8 unspecified atom stereocenters. The highest BCUT2D eigenvalue weighted by molar-refractivity contribution is 5.39. The van der Waals surface area contributed by atoms with Gasteiger partial charge in [-0.05, 0) is 112 Å². The first-order valence-electron chi connectivity index (χ1n) is 12.8. The molecular weight excluding hydrogens is 368 g/mol. The summed E-state index contributed by atoms with van der Waals surface area (Å²) >= 11 is 0. The van der Waals surface area contributed by atoms with Gasteiger partial charge in [0.1, 0.15) is 0 Å². The monoisotopic (exact) mass is 414 g/mol. The van der Waals surface area contributed by atoms with Gasteiger partial charge in [-0.3, -0.25) is 0 Å². The van der Waals surface area contributed by atoms with Gasteiger partial charge in [-0.25, -0.2) is 0 Å². The summed E-state index contributed by atoms with van der Waals surface area (Å²) in [6, 6.07) is 0. The number of hydrogen-bond donors (Lipinski definition) is 2. The normalized spacial score (nSPS) is 46.7. The molecule has 0 aromatic rings. The number of hydrogen-bond acceptors (Lipinski definition) is 2. The van der Waals surface area contributed by atoms with Gasteiger partial charge in [0, 0.05) is 0 Å². The van der Waals surface area contributed by atoms with Crippen LogP contribution in [-0.2, 0) is 0 Å². The second kappa shape index (κ2) is 7.77. The molecule has 0 aromatic heterocycles. The first kappa shape index (κ1) is 22.6. The smallest absolute Gasteiger partial charge is 0.0615 e. The van der Waals surface area contributed by atoms with E-state index in [1.165, 1.54) is 44.1 Å². The maximum atomic E-state index is 11.2. The van der Waals surface area contributed by atoms with E-state index >= 15 is 0 Å². The number of fused-ring (bicyclic) bond motifs is 4. The van der Waals surface area contributed by atoms with Crippen LogP contribution in [0.2, 0.25) is 0 Å². The lowest BCUT2D eigenvalue weighted by Gasteiger charge is -2.59. The Labute approximate surface area is 185 Å². The highest BCUT2D eigenvalue weighted by Gasteiger charge is 2.62. The first-order valence-corrected chi connectivity index (χ1v) is 12.8. The van der Waals surface area contributed by atoms with Crippen molar-refractivity contribution < 1.29 is 10.2 Å². The molecule has 4 aliphatic carbocycles. The molecule has 4 aliphatic rings. The van der Waals surface area contributed by atoms with Gasteiger partial charge in [0.2, 0.25) is 0 Å². The topological polar surface area (TPSA) is 40.5 Å². The lowest BCUT2D eigenvalue weighted by atomic mass is 9.46. The van der Waals surface area contributed by atoms with Gasteiger partial charge in [0.05, 0.1) is 12.2 Å². The van der Waals surface area contributed by atoms with Gasteiger partial charge in [-0.1, -0.05) is 50.5 Å². The van der Waals surface area contributed by atoms with Crippen LogP contribution < -0.4 is 0 Å². The molecule has 0 radical (unpaired) electrons. The second-order valence-electron chi connectivity index (χ2n) is 12.4. The predicted octanol–water partition coefficient (Wildman–Crippen LogP) is 6.81. The van der Waals surface area contributed by atoms with Crippen LogP contribution in [0.15, 0.2) is 22.8 Å². The maximum absolute atomic E-state index is 11.2. The Hall–Kier alpha value is -0.600. The third kappa shape index (κ3) is 3.27. The van der Waals surface area contributed by atoms with E-state index in [4.69, 9.17) is 0 Å². The lowest BCUT2D eigenvalue weighted by Crippen LogP contribution is -2.53. The van der Waals surface area contributed by atoms with Gasteiger partial charge in [-0.2, -0.15) is 0 Å². The molecule has 2 heteroatoms. The average molecular weight is 415 g/mol. The van der Waals surface area contributed by atoms with Crippen molar-refractivity contribution >= 4 is 0 Å². The van der Waals surface area contributed by atoms with Crippen molar-refractivity contribution in [2.45, 2.75) is 118 Å². The summed E-state index contributed by atoms with van der Waals surface area (Å²) in [5.74, 6) is 1.79. The molecule has 30 heavy (non-hydrogen) atoms. The molecule has 0 spiro atoms. The van der Waals surface area contributed by atoms with E-state index < -0.39 is 0 Å². The Morgan fingerprint density at radius 3 is 2.50 bits per heavy atom. The Morgan fingerprint density at radius 2 is 1.80 bits per heavy atom. The highest BCUT2D eigenvalue weighted by Crippen LogP contribution is 2.71. The Bertz CT molecular complexity index is 731. The largest absolute Gasteiger partial charge is 0.393 e. The van der Waals surface area contributed by atoms with E-state index in [-0.39, 0.29) is 29.0 Å². The van der Waals surface area contributed by atoms with Gasteiger partial charge < -0.3 is 10.2 Å². The van der Waals surface area contributed by atoms with Crippen LogP contribution in [0.4, 0.5) is 0 Å². The van der Waals surface area contributed by atoms with E-state index in [0.29, 0.717) is 5.41 Å². The van der Waals surface area contributed by atoms with Crippen molar-refractivity contribution in [2.75, 3.05) is 0 Å². The maximum Gasteiger partial charge on any atom is 0.0615 e. The summed E-state index contributed by atoms with van der Waals surface area (Å²) < 4.78 is 0. The van der Waals surface area contributed by atoms with Crippen molar-refractivity contribution in [3.05, 3.63) is 22.8 Å². The second-order valence-corrected chi connectivity index (χ2v) is 12.4. The molecule has 2 saturated carbocycles. The Balaban J connectivity index is 1.64. The van der Waals surface area contributed by atoms with Crippen molar-refractivity contribution in [1.29, 1.82) is 0 Å². The van der Waals surface area contributed by atoms with E-state index in [9.17, 15) is 10.2 Å². The molecule has 0 bridgehead atoms. The van der Waals surface area contributed by atoms with Crippen molar-refractivity contribution in [3.63, 3.8) is 0 Å². The number of aliphatic hydroxyl groups excluding tert-OH is 2. The van der Waals surface area contributed by atoms with Crippen molar-refractivity contribution in [1.82, 2.24) is 0 Å². The van der Waals surface area contributed by atoms with E-state index in [1.807, 2.05) is 0 Å². The zero-order chi connectivity index (χ0) is 21.9. The number of rotatable bonds is 4. The van der Waals surface area contributed by atoms with Crippen LogP contribution in [0, 0.1) is 34.0 Å². The molecule has 0 amide bonds. The van der Waals surface area contributed by atoms with Crippen LogP contribution in [0.5, 0.6) is 0 Å². The minimum atomic E-state index is -0.281. The standard InChI is InChI=1S/C28H46O2/c1-18(2)8-7-9-19(3)21-11-14-28(6)23-17-25(30)24-16-20(29)10-13-26(24,4)22(23)12-15-27(21,28)5/h8,19-21,24-25,29-30H,7,9-17H2,1-6H3. The van der Waals surface area contributed by atoms with Crippen molar-refractivity contribution in [2.24, 2.45) is 34.0 Å². The van der Waals surface area contributed by atoms with Crippen LogP contribution in [-0.4, -0.2) is 22.4 Å². The lowest BCUT2D eigenvalue weighted by molar-refractivity contribution is -0.0606. The van der Waals surface area contributed by atoms with Gasteiger partial charge >= 0.3 is 0 Å².